The summed E-state index contributed by atoms with van der Waals surface area (Å²) < 4.78 is 47.1. The Morgan fingerprint density at radius 1 is 0.892 bits per heavy atom. The van der Waals surface area contributed by atoms with Crippen LogP contribution in [0.5, 0.6) is 0 Å². The Hall–Kier alpha value is -4.26. The zero-order valence-electron chi connectivity index (χ0n) is 19.9. The number of para-hydroxylation sites is 1. The average Bonchev–Trinajstić information content (AvgIpc) is 3.55. The number of amides is 1. The van der Waals surface area contributed by atoms with Crippen LogP contribution < -0.4 is 5.32 Å². The van der Waals surface area contributed by atoms with E-state index in [1.165, 1.54) is 18.4 Å². The molecule has 3 aromatic carbocycles. The molecule has 0 aliphatic rings. The SMILES string of the molecule is O=C(C[C@H](c1ccc(C(F)(F)F)cc1)c1cn(Cc2ccccc2)c2ccccc12)NCc1ccco1. The zero-order valence-corrected chi connectivity index (χ0v) is 19.9. The number of halogens is 3. The second-order valence-corrected chi connectivity index (χ2v) is 8.95. The van der Waals surface area contributed by atoms with Gasteiger partial charge in [-0.2, -0.15) is 13.2 Å². The van der Waals surface area contributed by atoms with E-state index in [0.29, 0.717) is 17.9 Å². The molecule has 0 spiro atoms. The lowest BCUT2D eigenvalue weighted by Crippen LogP contribution is -2.24. The van der Waals surface area contributed by atoms with Gasteiger partial charge in [0.25, 0.3) is 0 Å². The molecule has 4 nitrogen and oxygen atoms in total. The fraction of sp³-hybridized carbons (Fsp3) is 0.167. The largest absolute Gasteiger partial charge is 0.467 e. The number of carbonyl (C=O) groups is 1. The molecule has 5 aromatic rings. The fourth-order valence-corrected chi connectivity index (χ4v) is 4.63. The third kappa shape index (κ3) is 5.61. The minimum atomic E-state index is -4.43. The highest BCUT2D eigenvalue weighted by Crippen LogP contribution is 2.37. The lowest BCUT2D eigenvalue weighted by atomic mass is 9.87. The summed E-state index contributed by atoms with van der Waals surface area (Å²) in [5.74, 6) is -0.0408. The van der Waals surface area contributed by atoms with E-state index in [2.05, 4.69) is 9.88 Å². The smallest absolute Gasteiger partial charge is 0.416 e. The molecular weight excluding hydrogens is 477 g/mol. The van der Waals surface area contributed by atoms with E-state index >= 15 is 0 Å². The highest BCUT2D eigenvalue weighted by atomic mass is 19.4. The first-order chi connectivity index (χ1) is 17.9. The van der Waals surface area contributed by atoms with Crippen molar-refractivity contribution in [1.29, 1.82) is 0 Å². The first-order valence-corrected chi connectivity index (χ1v) is 12.0. The van der Waals surface area contributed by atoms with E-state index in [-0.39, 0.29) is 18.9 Å². The molecule has 7 heteroatoms. The number of alkyl halides is 3. The Bertz CT molecular complexity index is 1470. The zero-order chi connectivity index (χ0) is 25.8. The van der Waals surface area contributed by atoms with Crippen LogP contribution in [0.4, 0.5) is 13.2 Å². The van der Waals surface area contributed by atoms with Crippen molar-refractivity contribution < 1.29 is 22.4 Å². The van der Waals surface area contributed by atoms with Crippen molar-refractivity contribution >= 4 is 16.8 Å². The van der Waals surface area contributed by atoms with E-state index < -0.39 is 17.7 Å². The van der Waals surface area contributed by atoms with E-state index in [0.717, 1.165) is 34.2 Å². The lowest BCUT2D eigenvalue weighted by molar-refractivity contribution is -0.137. The van der Waals surface area contributed by atoms with Gasteiger partial charge >= 0.3 is 6.18 Å². The molecule has 0 fully saturated rings. The average molecular weight is 503 g/mol. The molecule has 2 aromatic heterocycles. The number of carbonyl (C=O) groups excluding carboxylic acids is 1. The van der Waals surface area contributed by atoms with Gasteiger partial charge in [0.15, 0.2) is 0 Å². The van der Waals surface area contributed by atoms with Crippen molar-refractivity contribution in [1.82, 2.24) is 9.88 Å². The van der Waals surface area contributed by atoms with Crippen LogP contribution in [-0.2, 0) is 24.1 Å². The molecule has 0 aliphatic heterocycles. The quantitative estimate of drug-likeness (QED) is 0.245. The third-order valence-electron chi connectivity index (χ3n) is 6.46. The highest BCUT2D eigenvalue weighted by Gasteiger charge is 2.31. The van der Waals surface area contributed by atoms with Gasteiger partial charge in [-0.05, 0) is 47.0 Å². The summed E-state index contributed by atoms with van der Waals surface area (Å²) in [7, 11) is 0. The number of furan rings is 1. The molecular formula is C30H25F3N2O2. The Morgan fingerprint density at radius 3 is 2.32 bits per heavy atom. The summed E-state index contributed by atoms with van der Waals surface area (Å²) in [5, 5.41) is 3.83. The molecule has 37 heavy (non-hydrogen) atoms. The number of nitrogens with one attached hydrogen (secondary N) is 1. The number of rotatable bonds is 8. The first-order valence-electron chi connectivity index (χ1n) is 12.0. The van der Waals surface area contributed by atoms with Crippen molar-refractivity contribution in [3.05, 3.63) is 131 Å². The van der Waals surface area contributed by atoms with Crippen molar-refractivity contribution in [2.24, 2.45) is 0 Å². The van der Waals surface area contributed by atoms with Crippen LogP contribution in [0.2, 0.25) is 0 Å². The van der Waals surface area contributed by atoms with Gasteiger partial charge in [0.1, 0.15) is 5.76 Å². The monoisotopic (exact) mass is 502 g/mol. The molecule has 1 amide bonds. The molecule has 0 saturated heterocycles. The summed E-state index contributed by atoms with van der Waals surface area (Å²) in [6.45, 7) is 0.868. The predicted molar refractivity (Wildman–Crippen MR) is 136 cm³/mol. The van der Waals surface area contributed by atoms with E-state index in [9.17, 15) is 18.0 Å². The van der Waals surface area contributed by atoms with Gasteiger partial charge in [-0.3, -0.25) is 4.79 Å². The fourth-order valence-electron chi connectivity index (χ4n) is 4.63. The van der Waals surface area contributed by atoms with Crippen molar-refractivity contribution in [2.45, 2.75) is 31.6 Å². The standard InChI is InChI=1S/C30H25F3N2O2/c31-30(32,33)23-14-12-22(13-15-23)26(17-29(36)34-18-24-9-6-16-37-24)27-20-35(19-21-7-2-1-3-8-21)28-11-5-4-10-25(27)28/h1-16,20,26H,17-19H2,(H,34,36)/t26-/m1/s1. The summed E-state index contributed by atoms with van der Waals surface area (Å²) in [6, 6.07) is 26.5. The van der Waals surface area contributed by atoms with Gasteiger partial charge in [-0.1, -0.05) is 60.7 Å². The maximum atomic E-state index is 13.2. The Labute approximate surface area is 212 Å². The van der Waals surface area contributed by atoms with E-state index in [1.54, 1.807) is 12.1 Å². The summed E-state index contributed by atoms with van der Waals surface area (Å²) in [4.78, 5) is 13.0. The molecule has 0 radical (unpaired) electrons. The Kier molecular flexibility index (Phi) is 6.86. The first kappa shape index (κ1) is 24.4. The molecule has 0 aliphatic carbocycles. The van der Waals surface area contributed by atoms with Crippen molar-refractivity contribution in [3.8, 4) is 0 Å². The van der Waals surface area contributed by atoms with Gasteiger partial charge in [-0.15, -0.1) is 0 Å². The van der Waals surface area contributed by atoms with Crippen LogP contribution in [0.3, 0.4) is 0 Å². The third-order valence-corrected chi connectivity index (χ3v) is 6.46. The number of aromatic nitrogens is 1. The highest BCUT2D eigenvalue weighted by molar-refractivity contribution is 5.86. The molecule has 2 heterocycles. The van der Waals surface area contributed by atoms with Crippen LogP contribution in [0.25, 0.3) is 10.9 Å². The Balaban J connectivity index is 1.52. The van der Waals surface area contributed by atoms with Crippen LogP contribution in [-0.4, -0.2) is 10.5 Å². The normalized spacial score (nSPS) is 12.5. The summed E-state index contributed by atoms with van der Waals surface area (Å²) in [6.07, 6.45) is -0.806. The van der Waals surface area contributed by atoms with Gasteiger partial charge < -0.3 is 14.3 Å². The van der Waals surface area contributed by atoms with Crippen LogP contribution in [0.15, 0.2) is 108 Å². The maximum Gasteiger partial charge on any atom is 0.416 e. The molecule has 1 N–H and O–H groups in total. The molecule has 0 saturated carbocycles. The summed E-state index contributed by atoms with van der Waals surface area (Å²) in [5.41, 5.74) is 2.93. The topological polar surface area (TPSA) is 47.2 Å². The molecule has 0 unspecified atom stereocenters. The minimum absolute atomic E-state index is 0.0748. The molecule has 188 valence electrons. The van der Waals surface area contributed by atoms with Crippen molar-refractivity contribution in [2.75, 3.05) is 0 Å². The number of benzene rings is 3. The van der Waals surface area contributed by atoms with E-state index in [1.807, 2.05) is 60.8 Å². The van der Waals surface area contributed by atoms with Crippen LogP contribution in [0.1, 0.15) is 40.4 Å². The van der Waals surface area contributed by atoms with Crippen molar-refractivity contribution in [3.63, 3.8) is 0 Å². The van der Waals surface area contributed by atoms with Crippen LogP contribution in [0, 0.1) is 0 Å². The predicted octanol–water partition coefficient (Wildman–Crippen LogP) is 7.14. The number of nitrogens with zero attached hydrogens (tertiary/aromatic N) is 1. The minimum Gasteiger partial charge on any atom is -0.467 e. The number of hydrogen-bond donors (Lipinski definition) is 1. The number of hydrogen-bond acceptors (Lipinski definition) is 2. The molecule has 5 rings (SSSR count). The molecule has 1 atom stereocenters. The van der Waals surface area contributed by atoms with E-state index in [4.69, 9.17) is 4.42 Å². The summed E-state index contributed by atoms with van der Waals surface area (Å²) >= 11 is 0. The Morgan fingerprint density at radius 2 is 1.62 bits per heavy atom. The molecule has 0 bridgehead atoms. The second kappa shape index (κ2) is 10.4. The van der Waals surface area contributed by atoms with Gasteiger partial charge in [-0.25, -0.2) is 0 Å². The van der Waals surface area contributed by atoms with Gasteiger partial charge in [0.2, 0.25) is 5.91 Å². The van der Waals surface area contributed by atoms with Gasteiger partial charge in [0, 0.05) is 36.0 Å². The van der Waals surface area contributed by atoms with Gasteiger partial charge in [0.05, 0.1) is 18.4 Å². The second-order valence-electron chi connectivity index (χ2n) is 8.95. The number of fused-ring (bicyclic) bond motifs is 1. The van der Waals surface area contributed by atoms with Crippen LogP contribution >= 0.6 is 0 Å². The maximum absolute atomic E-state index is 13.2. The lowest BCUT2D eigenvalue weighted by Gasteiger charge is -2.18.